The van der Waals surface area contributed by atoms with Crippen molar-refractivity contribution in [2.24, 2.45) is 5.10 Å². The van der Waals surface area contributed by atoms with Crippen LogP contribution >= 0.6 is 11.6 Å². The first-order valence-electron chi connectivity index (χ1n) is 9.63. The Morgan fingerprint density at radius 1 is 0.967 bits per heavy atom. The molecule has 3 rings (SSSR count). The highest BCUT2D eigenvalue weighted by atomic mass is 35.5. The third-order valence-corrected chi connectivity index (χ3v) is 4.51. The molecule has 0 unspecified atom stereocenters. The van der Waals surface area contributed by atoms with Crippen LogP contribution in [0.2, 0.25) is 5.02 Å². The molecule has 6 heteroatoms. The molecule has 0 atom stereocenters. The van der Waals surface area contributed by atoms with Crippen molar-refractivity contribution in [1.29, 1.82) is 0 Å². The minimum absolute atomic E-state index is 0.333. The maximum absolute atomic E-state index is 12.1. The van der Waals surface area contributed by atoms with Crippen LogP contribution in [0.1, 0.15) is 27.9 Å². The molecule has 1 amide bonds. The van der Waals surface area contributed by atoms with Gasteiger partial charge in [-0.25, -0.2) is 5.43 Å². The first kappa shape index (κ1) is 21.4. The number of hydrazone groups is 1. The van der Waals surface area contributed by atoms with Crippen LogP contribution in [0.3, 0.4) is 0 Å². The van der Waals surface area contributed by atoms with Crippen molar-refractivity contribution >= 4 is 23.7 Å². The number of hydrogen-bond donors (Lipinski definition) is 1. The van der Waals surface area contributed by atoms with E-state index in [1.807, 2.05) is 55.5 Å². The van der Waals surface area contributed by atoms with Gasteiger partial charge in [-0.2, -0.15) is 5.10 Å². The van der Waals surface area contributed by atoms with E-state index in [0.717, 1.165) is 23.3 Å². The summed E-state index contributed by atoms with van der Waals surface area (Å²) in [6.45, 7) is 3.09. The van der Waals surface area contributed by atoms with Gasteiger partial charge in [0.1, 0.15) is 11.5 Å². The quantitative estimate of drug-likeness (QED) is 0.290. The molecule has 0 bridgehead atoms. The third kappa shape index (κ3) is 6.36. The molecule has 0 saturated heterocycles. The zero-order valence-electron chi connectivity index (χ0n) is 16.7. The predicted molar refractivity (Wildman–Crippen MR) is 120 cm³/mol. The zero-order valence-corrected chi connectivity index (χ0v) is 17.4. The Labute approximate surface area is 181 Å². The number of ether oxygens (including phenoxy) is 2. The molecule has 0 aliphatic heterocycles. The van der Waals surface area contributed by atoms with Gasteiger partial charge < -0.3 is 9.47 Å². The number of para-hydroxylation sites is 2. The largest absolute Gasteiger partial charge is 0.493 e. The number of hydrogen-bond acceptors (Lipinski definition) is 4. The van der Waals surface area contributed by atoms with Crippen molar-refractivity contribution < 1.29 is 14.3 Å². The Balaban J connectivity index is 1.48. The summed E-state index contributed by atoms with van der Waals surface area (Å²) in [5.74, 6) is 1.25. The lowest BCUT2D eigenvalue weighted by atomic mass is 10.2. The number of aryl methyl sites for hydroxylation is 1. The summed E-state index contributed by atoms with van der Waals surface area (Å²) in [5.41, 5.74) is 4.82. The van der Waals surface area contributed by atoms with Gasteiger partial charge in [-0.3, -0.25) is 4.79 Å². The van der Waals surface area contributed by atoms with Crippen LogP contribution in [-0.2, 0) is 0 Å². The normalized spacial score (nSPS) is 10.7. The highest BCUT2D eigenvalue weighted by Crippen LogP contribution is 2.18. The van der Waals surface area contributed by atoms with E-state index in [0.29, 0.717) is 29.5 Å². The summed E-state index contributed by atoms with van der Waals surface area (Å²) in [6.07, 6.45) is 2.30. The monoisotopic (exact) mass is 422 g/mol. The fourth-order valence-electron chi connectivity index (χ4n) is 2.71. The molecule has 154 valence electrons. The highest BCUT2D eigenvalue weighted by Gasteiger charge is 2.05. The van der Waals surface area contributed by atoms with Crippen LogP contribution in [0.4, 0.5) is 0 Å². The van der Waals surface area contributed by atoms with Crippen molar-refractivity contribution in [1.82, 2.24) is 5.43 Å². The molecular formula is C24H23ClN2O3. The number of carbonyl (C=O) groups is 1. The van der Waals surface area contributed by atoms with Crippen molar-refractivity contribution in [2.45, 2.75) is 13.3 Å². The molecule has 0 aromatic heterocycles. The molecule has 0 radical (unpaired) electrons. The summed E-state index contributed by atoms with van der Waals surface area (Å²) in [5, 5.41) is 4.53. The summed E-state index contributed by atoms with van der Waals surface area (Å²) >= 11 is 5.91. The molecule has 0 spiro atoms. The second kappa shape index (κ2) is 11.0. The lowest BCUT2D eigenvalue weighted by Crippen LogP contribution is -2.17. The fraction of sp³-hybridized carbons (Fsp3) is 0.167. The topological polar surface area (TPSA) is 59.9 Å². The molecule has 3 aromatic carbocycles. The fourth-order valence-corrected chi connectivity index (χ4v) is 2.91. The van der Waals surface area contributed by atoms with Gasteiger partial charge in [-0.05, 0) is 48.9 Å². The minimum Gasteiger partial charge on any atom is -0.493 e. The number of halogens is 1. The summed E-state index contributed by atoms with van der Waals surface area (Å²) < 4.78 is 11.6. The smallest absolute Gasteiger partial charge is 0.271 e. The van der Waals surface area contributed by atoms with Crippen molar-refractivity contribution in [2.75, 3.05) is 13.2 Å². The molecule has 0 aliphatic carbocycles. The Hall–Kier alpha value is -3.31. The maximum atomic E-state index is 12.1. The molecule has 1 N–H and O–H groups in total. The molecule has 0 saturated carbocycles. The molecule has 0 heterocycles. The average Bonchev–Trinajstić information content (AvgIpc) is 2.75. The van der Waals surface area contributed by atoms with Crippen molar-refractivity contribution in [3.63, 3.8) is 0 Å². The predicted octanol–water partition coefficient (Wildman–Crippen LogP) is 5.26. The molecule has 5 nitrogen and oxygen atoms in total. The lowest BCUT2D eigenvalue weighted by molar-refractivity contribution is 0.0955. The molecule has 30 heavy (non-hydrogen) atoms. The van der Waals surface area contributed by atoms with E-state index < -0.39 is 0 Å². The lowest BCUT2D eigenvalue weighted by Gasteiger charge is -2.11. The number of benzene rings is 3. The van der Waals surface area contributed by atoms with E-state index in [4.69, 9.17) is 21.1 Å². The zero-order chi connectivity index (χ0) is 21.2. The average molecular weight is 423 g/mol. The van der Waals surface area contributed by atoms with Crippen LogP contribution in [-0.4, -0.2) is 25.3 Å². The highest BCUT2D eigenvalue weighted by molar-refractivity contribution is 6.30. The minimum atomic E-state index is -0.333. The molecule has 0 aliphatic rings. The van der Waals surface area contributed by atoms with Gasteiger partial charge >= 0.3 is 0 Å². The Morgan fingerprint density at radius 3 is 2.43 bits per heavy atom. The second-order valence-electron chi connectivity index (χ2n) is 6.56. The van der Waals surface area contributed by atoms with Gasteiger partial charge in [0.15, 0.2) is 0 Å². The van der Waals surface area contributed by atoms with Gasteiger partial charge in [0.2, 0.25) is 0 Å². The van der Waals surface area contributed by atoms with E-state index in [9.17, 15) is 4.79 Å². The maximum Gasteiger partial charge on any atom is 0.271 e. The first-order chi connectivity index (χ1) is 14.6. The second-order valence-corrected chi connectivity index (χ2v) is 7.00. The van der Waals surface area contributed by atoms with Crippen LogP contribution in [0.25, 0.3) is 0 Å². The Bertz CT molecular complexity index is 1020. The Kier molecular flexibility index (Phi) is 7.86. The van der Waals surface area contributed by atoms with Crippen LogP contribution < -0.4 is 14.9 Å². The number of carbonyl (C=O) groups excluding carboxylic acids is 1. The van der Waals surface area contributed by atoms with Gasteiger partial charge in [-0.15, -0.1) is 0 Å². The van der Waals surface area contributed by atoms with Crippen LogP contribution in [0, 0.1) is 6.92 Å². The molecular weight excluding hydrogens is 400 g/mol. The van der Waals surface area contributed by atoms with E-state index in [1.165, 1.54) is 0 Å². The van der Waals surface area contributed by atoms with Crippen LogP contribution in [0.15, 0.2) is 77.9 Å². The summed E-state index contributed by atoms with van der Waals surface area (Å²) in [4.78, 5) is 12.1. The van der Waals surface area contributed by atoms with E-state index in [2.05, 4.69) is 10.5 Å². The summed E-state index contributed by atoms with van der Waals surface area (Å²) in [7, 11) is 0. The van der Waals surface area contributed by atoms with Crippen molar-refractivity contribution in [3.8, 4) is 11.5 Å². The van der Waals surface area contributed by atoms with Gasteiger partial charge in [-0.1, -0.05) is 48.0 Å². The van der Waals surface area contributed by atoms with Crippen molar-refractivity contribution in [3.05, 3.63) is 94.5 Å². The third-order valence-electron chi connectivity index (χ3n) is 4.27. The van der Waals surface area contributed by atoms with Gasteiger partial charge in [0, 0.05) is 22.6 Å². The number of nitrogens with one attached hydrogen (secondary N) is 1. The number of rotatable bonds is 9. The van der Waals surface area contributed by atoms with E-state index in [1.54, 1.807) is 30.5 Å². The number of nitrogens with zero attached hydrogens (tertiary/aromatic N) is 1. The SMILES string of the molecule is Cc1ccccc1OCCCOc1ccccc1C=NNC(=O)c1cccc(Cl)c1. The van der Waals surface area contributed by atoms with E-state index in [-0.39, 0.29) is 5.91 Å². The van der Waals surface area contributed by atoms with Gasteiger partial charge in [0.25, 0.3) is 5.91 Å². The standard InChI is InChI=1S/C24H23ClN2O3/c1-18-8-2-4-12-22(18)29-14-7-15-30-23-13-5-3-9-20(23)17-26-27-24(28)19-10-6-11-21(25)16-19/h2-6,8-13,16-17H,7,14-15H2,1H3,(H,27,28). The molecule has 0 fully saturated rings. The van der Waals surface area contributed by atoms with Gasteiger partial charge in [0.05, 0.1) is 19.4 Å². The number of amides is 1. The van der Waals surface area contributed by atoms with E-state index >= 15 is 0 Å². The van der Waals surface area contributed by atoms with Crippen LogP contribution in [0.5, 0.6) is 11.5 Å². The Morgan fingerprint density at radius 2 is 1.67 bits per heavy atom. The first-order valence-corrected chi connectivity index (χ1v) is 10.0. The summed E-state index contributed by atoms with van der Waals surface area (Å²) in [6, 6.07) is 22.1. The molecule has 3 aromatic rings.